The molecule has 1 aromatic rings. The fourth-order valence-corrected chi connectivity index (χ4v) is 4.78. The molecule has 76 valence electrons. The molecule has 0 aromatic heterocycles. The van der Waals surface area contributed by atoms with Gasteiger partial charge in [-0.15, -0.1) is 0 Å². The number of benzene rings is 1. The van der Waals surface area contributed by atoms with Crippen molar-refractivity contribution in [3.63, 3.8) is 0 Å². The summed E-state index contributed by atoms with van der Waals surface area (Å²) in [6.07, 6.45) is 0. The van der Waals surface area contributed by atoms with Crippen LogP contribution >= 0.6 is 41.6 Å². The van der Waals surface area contributed by atoms with Crippen LogP contribution in [0.25, 0.3) is 0 Å². The van der Waals surface area contributed by atoms with Gasteiger partial charge < -0.3 is 0 Å². The molecule has 0 N–H and O–H groups in total. The monoisotopic (exact) mass is 332 g/mol. The third-order valence-electron chi connectivity index (χ3n) is 1.24. The van der Waals surface area contributed by atoms with Gasteiger partial charge in [-0.3, -0.25) is 0 Å². The van der Waals surface area contributed by atoms with Crippen molar-refractivity contribution in [3.05, 3.63) is 40.5 Å². The summed E-state index contributed by atoms with van der Waals surface area (Å²) >= 11 is 5.73. The maximum atomic E-state index is 5.73. The first kappa shape index (κ1) is 12.5. The van der Waals surface area contributed by atoms with Crippen LogP contribution in [0.15, 0.2) is 40.5 Å². The van der Waals surface area contributed by atoms with Gasteiger partial charge in [-0.2, -0.15) is 0 Å². The summed E-state index contributed by atoms with van der Waals surface area (Å²) < 4.78 is 5.21. The zero-order chi connectivity index (χ0) is 10.6. The van der Waals surface area contributed by atoms with Crippen LogP contribution in [-0.2, 0) is 0 Å². The van der Waals surface area contributed by atoms with Gasteiger partial charge in [-0.25, -0.2) is 0 Å². The first-order valence-electron chi connectivity index (χ1n) is 3.65. The van der Waals surface area contributed by atoms with Gasteiger partial charge in [-0.1, -0.05) is 0 Å². The maximum absolute atomic E-state index is 5.73. The van der Waals surface area contributed by atoms with Crippen LogP contribution in [-0.4, -0.2) is 10.5 Å². The molecule has 6 heteroatoms. The van der Waals surface area contributed by atoms with Crippen molar-refractivity contribution in [2.45, 2.75) is 0 Å². The molecule has 14 heavy (non-hydrogen) atoms. The molecule has 1 nitrogen and oxygen atoms in total. The normalized spacial score (nSPS) is 12.7. The molecule has 0 radical (unpaired) electrons. The van der Waals surface area contributed by atoms with E-state index in [2.05, 4.69) is 0 Å². The minimum atomic E-state index is -3.34. The van der Waals surface area contributed by atoms with Crippen molar-refractivity contribution in [3.8, 4) is 5.75 Å². The molecule has 0 bridgehead atoms. The Morgan fingerprint density at radius 2 is 1.71 bits per heavy atom. The predicted octanol–water partition coefficient (Wildman–Crippen LogP) is 4.34. The Labute approximate surface area is 102 Å². The van der Waals surface area contributed by atoms with Crippen LogP contribution in [0.4, 0.5) is 0 Å². The molecular formula is C8H6Cl4GeO. The van der Waals surface area contributed by atoms with Gasteiger partial charge in [0.05, 0.1) is 0 Å². The third kappa shape index (κ3) is 5.37. The molecule has 0 atom stereocenters. The number of para-hydroxylation sites is 1. The molecule has 0 spiro atoms. The Morgan fingerprint density at radius 3 is 2.21 bits per heavy atom. The van der Waals surface area contributed by atoms with E-state index in [1.807, 2.05) is 18.2 Å². The van der Waals surface area contributed by atoms with E-state index in [4.69, 9.17) is 46.4 Å². The Kier molecular flexibility index (Phi) is 4.94. The van der Waals surface area contributed by atoms with Gasteiger partial charge in [-0.05, 0) is 0 Å². The van der Waals surface area contributed by atoms with E-state index >= 15 is 0 Å². The number of rotatable bonds is 3. The van der Waals surface area contributed by atoms with Gasteiger partial charge in [0, 0.05) is 0 Å². The summed E-state index contributed by atoms with van der Waals surface area (Å²) in [4.78, 5) is 1.37. The number of ether oxygens (including phenoxy) is 1. The first-order valence-corrected chi connectivity index (χ1v) is 13.5. The van der Waals surface area contributed by atoms with Crippen LogP contribution in [0, 0.1) is 0 Å². The second-order valence-corrected chi connectivity index (χ2v) is 18.0. The fourth-order valence-electron chi connectivity index (χ4n) is 0.759. The number of hydrogen-bond donors (Lipinski definition) is 0. The van der Waals surface area contributed by atoms with Crippen LogP contribution in [0.2, 0.25) is 0 Å². The molecule has 0 saturated heterocycles. The van der Waals surface area contributed by atoms with E-state index in [1.165, 1.54) is 4.91 Å². The topological polar surface area (TPSA) is 9.23 Å². The van der Waals surface area contributed by atoms with Gasteiger partial charge >= 0.3 is 103 Å². The standard InChI is InChI=1S/C8H6Cl4GeO/c9-8(6-13(10,11)12)14-7-4-2-1-3-5-7/h1-6H. The molecule has 0 unspecified atom stereocenters. The quantitative estimate of drug-likeness (QED) is 0.591. The molecule has 0 aliphatic carbocycles. The Morgan fingerprint density at radius 1 is 1.14 bits per heavy atom. The summed E-state index contributed by atoms with van der Waals surface area (Å²) in [6.45, 7) is 0. The van der Waals surface area contributed by atoms with E-state index in [-0.39, 0.29) is 5.22 Å². The summed E-state index contributed by atoms with van der Waals surface area (Å²) in [7, 11) is 13.7. The second-order valence-electron chi connectivity index (χ2n) is 2.41. The first-order chi connectivity index (χ1) is 6.47. The predicted molar refractivity (Wildman–Crippen MR) is 64.3 cm³/mol. The van der Waals surface area contributed by atoms with E-state index in [0.29, 0.717) is 5.75 Å². The molecular weight excluding hydrogens is 327 g/mol. The Hall–Kier alpha value is 0.463. The van der Waals surface area contributed by atoms with Crippen LogP contribution < -0.4 is 4.74 Å². The zero-order valence-corrected chi connectivity index (χ0v) is 12.0. The SMILES string of the molecule is ClC(=[CH][Ge]([Cl])([Cl])[Cl])Oc1ccccc1. The zero-order valence-electron chi connectivity index (χ0n) is 6.88. The summed E-state index contributed by atoms with van der Waals surface area (Å²) in [5, 5.41) is 0.108. The molecule has 0 saturated carbocycles. The summed E-state index contributed by atoms with van der Waals surface area (Å²) in [5.74, 6) is 0.616. The molecule has 1 aromatic carbocycles. The van der Waals surface area contributed by atoms with Crippen molar-refractivity contribution < 1.29 is 4.74 Å². The molecule has 0 aliphatic rings. The van der Waals surface area contributed by atoms with Crippen LogP contribution in [0.3, 0.4) is 0 Å². The van der Waals surface area contributed by atoms with Gasteiger partial charge in [0.1, 0.15) is 0 Å². The molecule has 0 heterocycles. The number of hydrogen-bond acceptors (Lipinski definition) is 1. The van der Waals surface area contributed by atoms with Gasteiger partial charge in [0.15, 0.2) is 0 Å². The molecule has 0 aliphatic heterocycles. The average Bonchev–Trinajstić information content (AvgIpc) is 2.02. The van der Waals surface area contributed by atoms with E-state index in [1.54, 1.807) is 12.1 Å². The molecule has 0 amide bonds. The van der Waals surface area contributed by atoms with Gasteiger partial charge in [0.2, 0.25) is 0 Å². The summed E-state index contributed by atoms with van der Waals surface area (Å²) in [6, 6.07) is 9.06. The van der Waals surface area contributed by atoms with Gasteiger partial charge in [0.25, 0.3) is 0 Å². The summed E-state index contributed by atoms with van der Waals surface area (Å²) in [5.41, 5.74) is 0. The minimum absolute atomic E-state index is 0.108. The van der Waals surface area contributed by atoms with Crippen molar-refractivity contribution in [1.82, 2.24) is 0 Å². The van der Waals surface area contributed by atoms with Crippen molar-refractivity contribution in [2.75, 3.05) is 0 Å². The average molecular weight is 333 g/mol. The second kappa shape index (κ2) is 5.52. The van der Waals surface area contributed by atoms with Crippen LogP contribution in [0.5, 0.6) is 5.75 Å². The van der Waals surface area contributed by atoms with Crippen molar-refractivity contribution in [2.24, 2.45) is 0 Å². The van der Waals surface area contributed by atoms with E-state index in [9.17, 15) is 0 Å². The number of halogens is 4. The van der Waals surface area contributed by atoms with Crippen LogP contribution in [0.1, 0.15) is 0 Å². The molecule has 0 fully saturated rings. The third-order valence-corrected chi connectivity index (χ3v) is 4.74. The van der Waals surface area contributed by atoms with E-state index in [0.717, 1.165) is 0 Å². The Bertz CT molecular complexity index is 320. The van der Waals surface area contributed by atoms with Crippen molar-refractivity contribution >= 4 is 52.1 Å². The van der Waals surface area contributed by atoms with E-state index < -0.39 is 10.5 Å². The molecule has 1 rings (SSSR count). The Balaban J connectivity index is 2.67. The van der Waals surface area contributed by atoms with Crippen molar-refractivity contribution in [1.29, 1.82) is 0 Å². The fraction of sp³-hybridized carbons (Fsp3) is 0.